The highest BCUT2D eigenvalue weighted by Crippen LogP contribution is 2.27. The van der Waals surface area contributed by atoms with Gasteiger partial charge in [-0.3, -0.25) is 4.79 Å². The Balaban J connectivity index is 1.67. The number of rotatable bonds is 7. The molecule has 0 saturated carbocycles. The Morgan fingerprint density at radius 2 is 1.96 bits per heavy atom. The van der Waals surface area contributed by atoms with Crippen LogP contribution < -0.4 is 10.1 Å². The molecule has 0 saturated heterocycles. The quantitative estimate of drug-likeness (QED) is 0.519. The summed E-state index contributed by atoms with van der Waals surface area (Å²) in [7, 11) is 0. The highest BCUT2D eigenvalue weighted by atomic mass is 32.2. The number of thiazole rings is 1. The number of hydrogen-bond donors (Lipinski definition) is 1. The number of halogens is 2. The van der Waals surface area contributed by atoms with Gasteiger partial charge >= 0.3 is 6.61 Å². The van der Waals surface area contributed by atoms with Crippen molar-refractivity contribution in [2.45, 2.75) is 23.6 Å². The van der Waals surface area contributed by atoms with Crippen molar-refractivity contribution in [3.05, 3.63) is 70.7 Å². The van der Waals surface area contributed by atoms with Crippen LogP contribution in [0.1, 0.15) is 21.6 Å². The molecule has 1 aromatic heterocycles. The number of benzene rings is 2. The molecule has 0 bridgehead atoms. The standard InChI is InChI=1S/C19H16F2N2O2S2/c1-12-10-26-19(22-12)27-11-13-4-2-3-5-16(13)17(24)23-14-6-8-15(9-7-14)25-18(20)21/h2-10,18H,11H2,1H3,(H,23,24). The minimum absolute atomic E-state index is 0.0403. The van der Waals surface area contributed by atoms with Gasteiger partial charge in [0.25, 0.3) is 5.91 Å². The molecular weight excluding hydrogens is 390 g/mol. The number of nitrogens with zero attached hydrogens (tertiary/aromatic N) is 1. The predicted molar refractivity (Wildman–Crippen MR) is 104 cm³/mol. The Hall–Kier alpha value is -2.45. The molecule has 3 rings (SSSR count). The zero-order valence-corrected chi connectivity index (χ0v) is 15.9. The first-order valence-electron chi connectivity index (χ1n) is 8.00. The van der Waals surface area contributed by atoms with E-state index >= 15 is 0 Å². The van der Waals surface area contributed by atoms with E-state index in [0.717, 1.165) is 15.6 Å². The minimum atomic E-state index is -2.88. The van der Waals surface area contributed by atoms with Crippen LogP contribution in [0, 0.1) is 6.92 Å². The molecule has 0 spiro atoms. The topological polar surface area (TPSA) is 51.2 Å². The molecule has 0 atom stereocenters. The molecule has 27 heavy (non-hydrogen) atoms. The maximum absolute atomic E-state index is 12.6. The summed E-state index contributed by atoms with van der Waals surface area (Å²) in [6.45, 7) is -0.934. The number of alkyl halides is 2. The van der Waals surface area contributed by atoms with Gasteiger partial charge in [-0.25, -0.2) is 4.98 Å². The average molecular weight is 406 g/mol. The van der Waals surface area contributed by atoms with Crippen LogP contribution >= 0.6 is 23.1 Å². The fraction of sp³-hybridized carbons (Fsp3) is 0.158. The first-order valence-corrected chi connectivity index (χ1v) is 9.87. The van der Waals surface area contributed by atoms with Crippen molar-refractivity contribution < 1.29 is 18.3 Å². The number of aryl methyl sites for hydroxylation is 1. The Labute approximate surface area is 163 Å². The van der Waals surface area contributed by atoms with Gasteiger partial charge in [0.2, 0.25) is 0 Å². The van der Waals surface area contributed by atoms with Crippen molar-refractivity contribution in [1.82, 2.24) is 4.98 Å². The van der Waals surface area contributed by atoms with Crippen molar-refractivity contribution in [3.8, 4) is 5.75 Å². The molecule has 140 valence electrons. The lowest BCUT2D eigenvalue weighted by Gasteiger charge is -2.10. The molecule has 8 heteroatoms. The molecule has 1 heterocycles. The van der Waals surface area contributed by atoms with Crippen LogP contribution in [0.15, 0.2) is 58.3 Å². The first-order chi connectivity index (χ1) is 13.0. The van der Waals surface area contributed by atoms with Gasteiger partial charge in [0.15, 0.2) is 0 Å². The molecule has 0 fully saturated rings. The number of carbonyl (C=O) groups excluding carboxylic acids is 1. The van der Waals surface area contributed by atoms with E-state index in [1.54, 1.807) is 35.2 Å². The summed E-state index contributed by atoms with van der Waals surface area (Å²) in [5.74, 6) is 0.403. The van der Waals surface area contributed by atoms with Crippen LogP contribution in [0.3, 0.4) is 0 Å². The third-order valence-corrected chi connectivity index (χ3v) is 5.74. The van der Waals surface area contributed by atoms with Gasteiger partial charge in [0, 0.05) is 28.1 Å². The van der Waals surface area contributed by atoms with E-state index in [0.29, 0.717) is 17.0 Å². The van der Waals surface area contributed by atoms with Gasteiger partial charge in [-0.1, -0.05) is 30.0 Å². The molecule has 1 amide bonds. The molecule has 0 aliphatic heterocycles. The Morgan fingerprint density at radius 1 is 1.22 bits per heavy atom. The maximum atomic E-state index is 12.6. The van der Waals surface area contributed by atoms with Gasteiger partial charge in [-0.15, -0.1) is 11.3 Å². The third kappa shape index (κ3) is 5.51. The second kappa shape index (κ2) is 8.96. The number of anilines is 1. The number of thioether (sulfide) groups is 1. The molecule has 0 radical (unpaired) electrons. The van der Waals surface area contributed by atoms with Gasteiger partial charge in [-0.05, 0) is 42.8 Å². The van der Waals surface area contributed by atoms with E-state index in [1.807, 2.05) is 24.4 Å². The summed E-state index contributed by atoms with van der Waals surface area (Å²) < 4.78 is 29.6. The van der Waals surface area contributed by atoms with Crippen molar-refractivity contribution in [3.63, 3.8) is 0 Å². The summed E-state index contributed by atoms with van der Waals surface area (Å²) >= 11 is 3.16. The summed E-state index contributed by atoms with van der Waals surface area (Å²) in [5, 5.41) is 4.77. The van der Waals surface area contributed by atoms with Crippen molar-refractivity contribution >= 4 is 34.7 Å². The van der Waals surface area contributed by atoms with Crippen LogP contribution in [0.2, 0.25) is 0 Å². The van der Waals surface area contributed by atoms with Crippen LogP contribution in [-0.2, 0) is 5.75 Å². The SMILES string of the molecule is Cc1csc(SCc2ccccc2C(=O)Nc2ccc(OC(F)F)cc2)n1. The second-order valence-electron chi connectivity index (χ2n) is 5.56. The number of hydrogen-bond acceptors (Lipinski definition) is 5. The lowest BCUT2D eigenvalue weighted by Crippen LogP contribution is -2.14. The highest BCUT2D eigenvalue weighted by molar-refractivity contribution is 8.00. The first kappa shape index (κ1) is 19.3. The van der Waals surface area contributed by atoms with Crippen LogP contribution in [0.4, 0.5) is 14.5 Å². The number of ether oxygens (including phenoxy) is 1. The van der Waals surface area contributed by atoms with E-state index in [1.165, 1.54) is 24.3 Å². The van der Waals surface area contributed by atoms with E-state index in [9.17, 15) is 13.6 Å². The molecule has 2 aromatic carbocycles. The van der Waals surface area contributed by atoms with Crippen LogP contribution in [-0.4, -0.2) is 17.5 Å². The summed E-state index contributed by atoms with van der Waals surface area (Å²) in [6.07, 6.45) is 0. The lowest BCUT2D eigenvalue weighted by atomic mass is 10.1. The molecule has 4 nitrogen and oxygen atoms in total. The van der Waals surface area contributed by atoms with Crippen molar-refractivity contribution in [2.24, 2.45) is 0 Å². The van der Waals surface area contributed by atoms with Crippen molar-refractivity contribution in [1.29, 1.82) is 0 Å². The Kier molecular flexibility index (Phi) is 6.41. The smallest absolute Gasteiger partial charge is 0.387 e. The maximum Gasteiger partial charge on any atom is 0.387 e. The third-order valence-electron chi connectivity index (χ3n) is 3.55. The monoisotopic (exact) mass is 406 g/mol. The van der Waals surface area contributed by atoms with E-state index in [-0.39, 0.29) is 11.7 Å². The lowest BCUT2D eigenvalue weighted by molar-refractivity contribution is -0.0498. The normalized spacial score (nSPS) is 10.8. The average Bonchev–Trinajstić information content (AvgIpc) is 3.07. The molecular formula is C19H16F2N2O2S2. The van der Waals surface area contributed by atoms with Gasteiger partial charge in [-0.2, -0.15) is 8.78 Å². The highest BCUT2D eigenvalue weighted by Gasteiger charge is 2.13. The molecule has 1 N–H and O–H groups in total. The summed E-state index contributed by atoms with van der Waals surface area (Å²) in [4.78, 5) is 17.0. The number of nitrogens with one attached hydrogen (secondary N) is 1. The number of amides is 1. The predicted octanol–water partition coefficient (Wildman–Crippen LogP) is 5.60. The minimum Gasteiger partial charge on any atom is -0.435 e. The fourth-order valence-electron chi connectivity index (χ4n) is 2.32. The number of carbonyl (C=O) groups is 1. The summed E-state index contributed by atoms with van der Waals surface area (Å²) in [5.41, 5.74) is 2.93. The van der Waals surface area contributed by atoms with Gasteiger partial charge in [0.05, 0.1) is 0 Å². The Morgan fingerprint density at radius 3 is 2.63 bits per heavy atom. The molecule has 3 aromatic rings. The number of aromatic nitrogens is 1. The fourth-order valence-corrected chi connectivity index (χ4v) is 4.18. The van der Waals surface area contributed by atoms with E-state index in [4.69, 9.17) is 0 Å². The van der Waals surface area contributed by atoms with E-state index in [2.05, 4.69) is 15.0 Å². The molecule has 0 aliphatic rings. The zero-order valence-electron chi connectivity index (χ0n) is 14.3. The second-order valence-corrected chi connectivity index (χ2v) is 7.64. The molecule has 0 unspecified atom stereocenters. The molecule has 0 aliphatic carbocycles. The zero-order chi connectivity index (χ0) is 19.2. The summed E-state index contributed by atoms with van der Waals surface area (Å²) in [6, 6.07) is 13.2. The van der Waals surface area contributed by atoms with Crippen LogP contribution in [0.25, 0.3) is 0 Å². The van der Waals surface area contributed by atoms with Crippen LogP contribution in [0.5, 0.6) is 5.75 Å². The Bertz CT molecular complexity index is 914. The van der Waals surface area contributed by atoms with Gasteiger partial charge in [0.1, 0.15) is 10.1 Å². The van der Waals surface area contributed by atoms with E-state index < -0.39 is 6.61 Å². The van der Waals surface area contributed by atoms with Gasteiger partial charge < -0.3 is 10.1 Å². The largest absolute Gasteiger partial charge is 0.435 e. The van der Waals surface area contributed by atoms with Crippen molar-refractivity contribution in [2.75, 3.05) is 5.32 Å².